The first-order chi connectivity index (χ1) is 10.0. The van der Waals surface area contributed by atoms with Crippen LogP contribution < -0.4 is 0 Å². The van der Waals surface area contributed by atoms with E-state index in [2.05, 4.69) is 4.90 Å². The molecule has 2 aliphatic heterocycles. The van der Waals surface area contributed by atoms with Gasteiger partial charge >= 0.3 is 0 Å². The maximum absolute atomic E-state index is 12.9. The molecule has 7 heteroatoms. The largest absolute Gasteiger partial charge is 0.297 e. The molecule has 0 spiro atoms. The highest BCUT2D eigenvalue weighted by Crippen LogP contribution is 2.31. The highest BCUT2D eigenvalue weighted by atomic mass is 35.5. The van der Waals surface area contributed by atoms with Crippen molar-refractivity contribution in [1.29, 1.82) is 0 Å². The fraction of sp³-hybridized carbons (Fsp3) is 0.714. The van der Waals surface area contributed by atoms with E-state index in [1.54, 1.807) is 10.4 Å². The molecule has 0 aliphatic carbocycles. The fourth-order valence-electron chi connectivity index (χ4n) is 3.34. The van der Waals surface area contributed by atoms with Crippen LogP contribution in [0.5, 0.6) is 0 Å². The third kappa shape index (κ3) is 3.01. The van der Waals surface area contributed by atoms with Gasteiger partial charge in [0.15, 0.2) is 0 Å². The van der Waals surface area contributed by atoms with Crippen LogP contribution in [0.15, 0.2) is 16.3 Å². The summed E-state index contributed by atoms with van der Waals surface area (Å²) in [5.41, 5.74) is 0. The normalized spacial score (nSPS) is 28.5. The van der Waals surface area contributed by atoms with Crippen LogP contribution in [-0.2, 0) is 15.9 Å². The van der Waals surface area contributed by atoms with E-state index in [4.69, 9.17) is 11.6 Å². The molecule has 0 N–H and O–H groups in total. The molecule has 0 bridgehead atoms. The van der Waals surface area contributed by atoms with Gasteiger partial charge in [0.2, 0.25) is 0 Å². The van der Waals surface area contributed by atoms with Gasteiger partial charge in [-0.05, 0) is 38.4 Å². The molecule has 2 fully saturated rings. The summed E-state index contributed by atoms with van der Waals surface area (Å²) in [6, 6.07) is 3.92. The topological polar surface area (TPSA) is 40.6 Å². The average molecular weight is 349 g/mol. The zero-order valence-electron chi connectivity index (χ0n) is 12.2. The van der Waals surface area contributed by atoms with Gasteiger partial charge in [-0.15, -0.1) is 22.9 Å². The summed E-state index contributed by atoms with van der Waals surface area (Å²) in [6.45, 7) is 4.59. The van der Waals surface area contributed by atoms with Crippen LogP contribution in [0.3, 0.4) is 0 Å². The number of sulfonamides is 1. The van der Waals surface area contributed by atoms with Crippen molar-refractivity contribution in [1.82, 2.24) is 9.21 Å². The van der Waals surface area contributed by atoms with Crippen LogP contribution in [0.1, 0.15) is 31.1 Å². The van der Waals surface area contributed by atoms with Gasteiger partial charge in [-0.3, -0.25) is 4.90 Å². The number of hydrogen-bond donors (Lipinski definition) is 0. The van der Waals surface area contributed by atoms with Crippen molar-refractivity contribution < 1.29 is 8.42 Å². The third-order valence-electron chi connectivity index (χ3n) is 4.46. The third-order valence-corrected chi connectivity index (χ3v) is 8.44. The Morgan fingerprint density at radius 3 is 2.86 bits per heavy atom. The number of rotatable bonds is 3. The number of alkyl halides is 1. The number of halogens is 1. The van der Waals surface area contributed by atoms with Crippen LogP contribution in [0.4, 0.5) is 0 Å². The Morgan fingerprint density at radius 1 is 1.33 bits per heavy atom. The summed E-state index contributed by atoms with van der Waals surface area (Å²) in [5.74, 6) is 0.367. The molecule has 0 amide bonds. The maximum Gasteiger partial charge on any atom is 0.252 e. The first-order valence-electron chi connectivity index (χ1n) is 7.43. The molecule has 21 heavy (non-hydrogen) atoms. The first-order valence-corrected chi connectivity index (χ1v) is 10.2. The molecule has 2 aliphatic rings. The number of thiophene rings is 1. The highest BCUT2D eigenvalue weighted by Gasteiger charge is 2.39. The van der Waals surface area contributed by atoms with E-state index in [1.165, 1.54) is 24.2 Å². The lowest BCUT2D eigenvalue weighted by molar-refractivity contribution is 0.0565. The molecular weight excluding hydrogens is 328 g/mol. The monoisotopic (exact) mass is 348 g/mol. The Hall–Kier alpha value is -0.140. The smallest absolute Gasteiger partial charge is 0.252 e. The molecular formula is C14H21ClN2O2S2. The molecule has 118 valence electrons. The Morgan fingerprint density at radius 2 is 2.14 bits per heavy atom. The summed E-state index contributed by atoms with van der Waals surface area (Å²) < 4.78 is 27.9. The molecule has 4 nitrogen and oxygen atoms in total. The quantitative estimate of drug-likeness (QED) is 0.789. The zero-order chi connectivity index (χ0) is 15.0. The van der Waals surface area contributed by atoms with Crippen LogP contribution in [0.25, 0.3) is 0 Å². The first kappa shape index (κ1) is 15.7. The van der Waals surface area contributed by atoms with Gasteiger partial charge in [0.1, 0.15) is 4.21 Å². The molecule has 2 atom stereocenters. The minimum absolute atomic E-state index is 0.0332. The fourth-order valence-corrected chi connectivity index (χ4v) is 6.59. The number of nitrogens with zero attached hydrogens (tertiary/aromatic N) is 2. The maximum atomic E-state index is 12.9. The van der Waals surface area contributed by atoms with Gasteiger partial charge in [0.25, 0.3) is 10.0 Å². The van der Waals surface area contributed by atoms with E-state index in [-0.39, 0.29) is 6.04 Å². The number of hydrogen-bond acceptors (Lipinski definition) is 4. The van der Waals surface area contributed by atoms with E-state index in [0.29, 0.717) is 22.7 Å². The van der Waals surface area contributed by atoms with Gasteiger partial charge in [-0.2, -0.15) is 4.31 Å². The summed E-state index contributed by atoms with van der Waals surface area (Å²) in [7, 11) is -3.38. The van der Waals surface area contributed by atoms with Gasteiger partial charge in [0.05, 0.1) is 5.88 Å². The molecule has 2 unspecified atom stereocenters. The second-order valence-corrected chi connectivity index (χ2v) is 9.48. The van der Waals surface area contributed by atoms with Crippen molar-refractivity contribution in [3.05, 3.63) is 17.0 Å². The number of fused-ring (bicyclic) bond motifs is 1. The minimum Gasteiger partial charge on any atom is -0.297 e. The van der Waals surface area contributed by atoms with E-state index in [9.17, 15) is 8.42 Å². The highest BCUT2D eigenvalue weighted by molar-refractivity contribution is 7.91. The molecule has 0 aromatic carbocycles. The summed E-state index contributed by atoms with van der Waals surface area (Å²) >= 11 is 7.08. The molecule has 0 saturated carbocycles. The minimum atomic E-state index is -3.38. The Balaban J connectivity index is 1.84. The lowest BCUT2D eigenvalue weighted by Gasteiger charge is -2.46. The van der Waals surface area contributed by atoms with Crippen LogP contribution in [0.2, 0.25) is 0 Å². The summed E-state index contributed by atoms with van der Waals surface area (Å²) in [6.07, 6.45) is 3.55. The van der Waals surface area contributed by atoms with Crippen molar-refractivity contribution >= 4 is 33.0 Å². The van der Waals surface area contributed by atoms with Crippen molar-refractivity contribution in [3.8, 4) is 0 Å². The van der Waals surface area contributed by atoms with Crippen molar-refractivity contribution in [2.75, 3.05) is 19.6 Å². The SMILES string of the molecule is CC1CN2CCCCC2CN1S(=O)(=O)c1ccc(CCl)s1. The average Bonchev–Trinajstić information content (AvgIpc) is 2.96. The van der Waals surface area contributed by atoms with Crippen molar-refractivity contribution in [2.45, 2.75) is 48.4 Å². The molecule has 3 heterocycles. The molecule has 2 saturated heterocycles. The van der Waals surface area contributed by atoms with E-state index < -0.39 is 10.0 Å². The van der Waals surface area contributed by atoms with E-state index in [1.807, 2.05) is 13.0 Å². The Labute approximate surface area is 135 Å². The predicted octanol–water partition coefficient (Wildman–Crippen LogP) is 2.73. The Bertz CT molecular complexity index is 602. The predicted molar refractivity (Wildman–Crippen MR) is 86.4 cm³/mol. The standard InChI is InChI=1S/C14H21ClN2O2S2/c1-11-9-16-7-3-2-4-12(16)10-17(11)21(18,19)14-6-5-13(8-15)20-14/h5-6,11-12H,2-4,7-10H2,1H3. The van der Waals surface area contributed by atoms with Crippen molar-refractivity contribution in [3.63, 3.8) is 0 Å². The van der Waals surface area contributed by atoms with Gasteiger partial charge in [0, 0.05) is 30.1 Å². The summed E-state index contributed by atoms with van der Waals surface area (Å²) in [5, 5.41) is 0. The second-order valence-electron chi connectivity index (χ2n) is 5.92. The van der Waals surface area contributed by atoms with Crippen LogP contribution in [-0.4, -0.2) is 49.3 Å². The van der Waals surface area contributed by atoms with Gasteiger partial charge < -0.3 is 0 Å². The lowest BCUT2D eigenvalue weighted by Crippen LogP contribution is -2.59. The number of piperidine rings is 1. The van der Waals surface area contributed by atoms with E-state index in [0.717, 1.165) is 24.4 Å². The molecule has 1 aromatic heterocycles. The molecule has 0 radical (unpaired) electrons. The Kier molecular flexibility index (Phi) is 4.62. The van der Waals surface area contributed by atoms with Gasteiger partial charge in [-0.1, -0.05) is 6.42 Å². The second kappa shape index (κ2) is 6.16. The lowest BCUT2D eigenvalue weighted by atomic mass is 9.99. The van der Waals surface area contributed by atoms with Crippen molar-refractivity contribution in [2.24, 2.45) is 0 Å². The summed E-state index contributed by atoms with van der Waals surface area (Å²) in [4.78, 5) is 3.36. The zero-order valence-corrected chi connectivity index (χ0v) is 14.6. The van der Waals surface area contributed by atoms with Gasteiger partial charge in [-0.25, -0.2) is 8.42 Å². The molecule has 1 aromatic rings. The van der Waals surface area contributed by atoms with Crippen LogP contribution >= 0.6 is 22.9 Å². The molecule has 3 rings (SSSR count). The van der Waals surface area contributed by atoms with E-state index >= 15 is 0 Å². The van der Waals surface area contributed by atoms with Crippen LogP contribution in [0, 0.1) is 0 Å². The number of piperazine rings is 1.